The average Bonchev–Trinajstić information content (AvgIpc) is 2.46. The highest BCUT2D eigenvalue weighted by Gasteiger charge is 2.31. The van der Waals surface area contributed by atoms with Crippen LogP contribution in [0.1, 0.15) is 42.5 Å². The number of hydrogen-bond donors (Lipinski definition) is 1. The number of amides is 1. The zero-order chi connectivity index (χ0) is 14.6. The number of benzene rings is 1. The van der Waals surface area contributed by atoms with Crippen molar-refractivity contribution in [1.29, 1.82) is 0 Å². The second-order valence-electron chi connectivity index (χ2n) is 5.25. The van der Waals surface area contributed by atoms with Gasteiger partial charge in [-0.25, -0.2) is 4.39 Å². The summed E-state index contributed by atoms with van der Waals surface area (Å²) in [5.41, 5.74) is 0.485. The van der Waals surface area contributed by atoms with Gasteiger partial charge in [-0.15, -0.1) is 0 Å². The molecule has 1 fully saturated rings. The van der Waals surface area contributed by atoms with Crippen LogP contribution < -0.4 is 5.32 Å². The molecule has 1 aliphatic rings. The lowest BCUT2D eigenvalue weighted by Gasteiger charge is -2.35. The first-order valence-corrected chi connectivity index (χ1v) is 8.86. The highest BCUT2D eigenvalue weighted by atomic mass is 79.9. The molecule has 110 valence electrons. The van der Waals surface area contributed by atoms with E-state index in [0.29, 0.717) is 16.6 Å². The van der Waals surface area contributed by atoms with Crippen LogP contribution in [0.3, 0.4) is 0 Å². The van der Waals surface area contributed by atoms with E-state index in [-0.39, 0.29) is 16.5 Å². The number of carbonyl (C=O) groups excluding carboxylic acids is 1. The van der Waals surface area contributed by atoms with Crippen molar-refractivity contribution in [2.24, 2.45) is 0 Å². The summed E-state index contributed by atoms with van der Waals surface area (Å²) >= 11 is 5.09. The second-order valence-corrected chi connectivity index (χ2v) is 7.38. The predicted molar refractivity (Wildman–Crippen MR) is 85.8 cm³/mol. The standard InChI is InChI=1S/C15H19BrFNOS/c1-20-15(7-3-2-4-8-15)10-18-14(19)12-6-5-11(17)9-13(12)16/h5-6,9H,2-4,7-8,10H2,1H3,(H,18,19). The number of nitrogens with one attached hydrogen (secondary N) is 1. The van der Waals surface area contributed by atoms with Crippen LogP contribution in [0.5, 0.6) is 0 Å². The van der Waals surface area contributed by atoms with Crippen LogP contribution in [-0.4, -0.2) is 23.5 Å². The molecular formula is C15H19BrFNOS. The lowest BCUT2D eigenvalue weighted by atomic mass is 9.88. The maximum Gasteiger partial charge on any atom is 0.252 e. The molecule has 0 atom stereocenters. The van der Waals surface area contributed by atoms with Crippen LogP contribution in [0.15, 0.2) is 22.7 Å². The Morgan fingerprint density at radius 1 is 1.40 bits per heavy atom. The molecular weight excluding hydrogens is 341 g/mol. The van der Waals surface area contributed by atoms with Gasteiger partial charge >= 0.3 is 0 Å². The minimum absolute atomic E-state index is 0.143. The van der Waals surface area contributed by atoms with E-state index in [1.165, 1.54) is 37.5 Å². The Hall–Kier alpha value is -0.550. The van der Waals surface area contributed by atoms with Gasteiger partial charge in [0, 0.05) is 15.8 Å². The topological polar surface area (TPSA) is 29.1 Å². The fraction of sp³-hybridized carbons (Fsp3) is 0.533. The van der Waals surface area contributed by atoms with Crippen molar-refractivity contribution < 1.29 is 9.18 Å². The highest BCUT2D eigenvalue weighted by molar-refractivity contribution is 9.10. The Kier molecular flexibility index (Phi) is 5.49. The van der Waals surface area contributed by atoms with E-state index >= 15 is 0 Å². The molecule has 1 saturated carbocycles. The number of carbonyl (C=O) groups is 1. The Balaban J connectivity index is 2.00. The SMILES string of the molecule is CSC1(CNC(=O)c2ccc(F)cc2Br)CCCCC1. The van der Waals surface area contributed by atoms with Gasteiger partial charge in [-0.05, 0) is 53.2 Å². The van der Waals surface area contributed by atoms with Crippen LogP contribution in [0.2, 0.25) is 0 Å². The van der Waals surface area contributed by atoms with Gasteiger partial charge in [0.15, 0.2) is 0 Å². The predicted octanol–water partition coefficient (Wildman–Crippen LogP) is 4.38. The van der Waals surface area contributed by atoms with E-state index < -0.39 is 0 Å². The van der Waals surface area contributed by atoms with Crippen molar-refractivity contribution in [1.82, 2.24) is 5.32 Å². The van der Waals surface area contributed by atoms with Gasteiger partial charge in [0.05, 0.1) is 5.56 Å². The van der Waals surface area contributed by atoms with Crippen LogP contribution in [0.25, 0.3) is 0 Å². The molecule has 20 heavy (non-hydrogen) atoms. The second kappa shape index (κ2) is 6.94. The first-order valence-electron chi connectivity index (χ1n) is 6.85. The molecule has 1 N–H and O–H groups in total. The Labute approximate surface area is 132 Å². The molecule has 0 spiro atoms. The van der Waals surface area contributed by atoms with Gasteiger partial charge in [0.2, 0.25) is 0 Å². The molecule has 0 bridgehead atoms. The lowest BCUT2D eigenvalue weighted by Crippen LogP contribution is -2.41. The van der Waals surface area contributed by atoms with E-state index in [0.717, 1.165) is 12.8 Å². The molecule has 1 aliphatic carbocycles. The molecule has 0 aliphatic heterocycles. The van der Waals surface area contributed by atoms with Gasteiger partial charge in [0.1, 0.15) is 5.82 Å². The summed E-state index contributed by atoms with van der Waals surface area (Å²) in [4.78, 5) is 12.2. The minimum Gasteiger partial charge on any atom is -0.351 e. The highest BCUT2D eigenvalue weighted by Crippen LogP contribution is 2.38. The quantitative estimate of drug-likeness (QED) is 0.863. The van der Waals surface area contributed by atoms with Gasteiger partial charge in [0.25, 0.3) is 5.91 Å². The molecule has 5 heteroatoms. The largest absolute Gasteiger partial charge is 0.351 e. The van der Waals surface area contributed by atoms with E-state index in [4.69, 9.17) is 0 Å². The number of hydrogen-bond acceptors (Lipinski definition) is 2. The molecule has 0 radical (unpaired) electrons. The summed E-state index contributed by atoms with van der Waals surface area (Å²) in [6, 6.07) is 4.14. The van der Waals surface area contributed by atoms with Gasteiger partial charge in [-0.3, -0.25) is 4.79 Å². The molecule has 1 aromatic rings. The van der Waals surface area contributed by atoms with Gasteiger partial charge in [-0.2, -0.15) is 11.8 Å². The van der Waals surface area contributed by atoms with E-state index in [1.807, 2.05) is 11.8 Å². The summed E-state index contributed by atoms with van der Waals surface area (Å²) in [6.07, 6.45) is 8.18. The molecule has 1 amide bonds. The van der Waals surface area contributed by atoms with Crippen molar-refractivity contribution in [2.75, 3.05) is 12.8 Å². The summed E-state index contributed by atoms with van der Waals surface area (Å²) in [5.74, 6) is -0.489. The maximum atomic E-state index is 13.0. The number of rotatable bonds is 4. The first-order chi connectivity index (χ1) is 9.56. The van der Waals surface area contributed by atoms with E-state index in [9.17, 15) is 9.18 Å². The van der Waals surface area contributed by atoms with Gasteiger partial charge < -0.3 is 5.32 Å². The molecule has 0 aromatic heterocycles. The Morgan fingerprint density at radius 2 is 2.10 bits per heavy atom. The van der Waals surface area contributed by atoms with Crippen LogP contribution in [-0.2, 0) is 0 Å². The van der Waals surface area contributed by atoms with Crippen LogP contribution >= 0.6 is 27.7 Å². The van der Waals surface area contributed by atoms with Crippen LogP contribution in [0.4, 0.5) is 4.39 Å². The van der Waals surface area contributed by atoms with E-state index in [1.54, 1.807) is 0 Å². The molecule has 2 rings (SSSR count). The van der Waals surface area contributed by atoms with Crippen molar-refractivity contribution >= 4 is 33.6 Å². The smallest absolute Gasteiger partial charge is 0.252 e. The van der Waals surface area contributed by atoms with Crippen molar-refractivity contribution in [2.45, 2.75) is 36.9 Å². The molecule has 0 unspecified atom stereocenters. The third-order valence-electron chi connectivity index (χ3n) is 3.94. The third-order valence-corrected chi connectivity index (χ3v) is 6.02. The third kappa shape index (κ3) is 3.76. The van der Waals surface area contributed by atoms with E-state index in [2.05, 4.69) is 27.5 Å². The summed E-state index contributed by atoms with van der Waals surface area (Å²) in [6.45, 7) is 0.677. The number of halogens is 2. The summed E-state index contributed by atoms with van der Waals surface area (Å²) in [7, 11) is 0. The molecule has 0 heterocycles. The maximum absolute atomic E-state index is 13.0. The fourth-order valence-corrected chi connectivity index (χ4v) is 4.10. The normalized spacial score (nSPS) is 17.8. The molecule has 2 nitrogen and oxygen atoms in total. The lowest BCUT2D eigenvalue weighted by molar-refractivity contribution is 0.0946. The van der Waals surface area contributed by atoms with Crippen LogP contribution in [0, 0.1) is 5.82 Å². The zero-order valence-electron chi connectivity index (χ0n) is 11.5. The Morgan fingerprint density at radius 3 is 2.70 bits per heavy atom. The molecule has 0 saturated heterocycles. The Bertz CT molecular complexity index is 489. The number of thioether (sulfide) groups is 1. The zero-order valence-corrected chi connectivity index (χ0v) is 13.9. The monoisotopic (exact) mass is 359 g/mol. The minimum atomic E-state index is -0.346. The fourth-order valence-electron chi connectivity index (χ4n) is 2.66. The average molecular weight is 360 g/mol. The summed E-state index contributed by atoms with van der Waals surface area (Å²) < 4.78 is 13.7. The summed E-state index contributed by atoms with van der Waals surface area (Å²) in [5, 5.41) is 3.01. The van der Waals surface area contributed by atoms with Gasteiger partial charge in [-0.1, -0.05) is 19.3 Å². The van der Waals surface area contributed by atoms with Crippen molar-refractivity contribution in [3.63, 3.8) is 0 Å². The first kappa shape index (κ1) is 15.8. The van der Waals surface area contributed by atoms with Crippen molar-refractivity contribution in [3.8, 4) is 0 Å². The van der Waals surface area contributed by atoms with Crippen molar-refractivity contribution in [3.05, 3.63) is 34.1 Å². The molecule has 1 aromatic carbocycles.